The number of rotatable bonds is 7. The molecule has 0 saturated carbocycles. The molecule has 1 aromatic carbocycles. The van der Waals surface area contributed by atoms with Gasteiger partial charge in [0.1, 0.15) is 6.04 Å². The average molecular weight is 251 g/mol. The van der Waals surface area contributed by atoms with Gasteiger partial charge in [-0.25, -0.2) is 4.79 Å². The Morgan fingerprint density at radius 1 is 1.22 bits per heavy atom. The van der Waals surface area contributed by atoms with Crippen LogP contribution in [0.25, 0.3) is 0 Å². The molecule has 0 heterocycles. The van der Waals surface area contributed by atoms with Crippen LogP contribution < -0.4 is 4.90 Å². The highest BCUT2D eigenvalue weighted by Gasteiger charge is 2.26. The van der Waals surface area contributed by atoms with Crippen LogP contribution in [0.5, 0.6) is 0 Å². The van der Waals surface area contributed by atoms with Crippen molar-refractivity contribution < 1.29 is 24.6 Å². The van der Waals surface area contributed by atoms with Crippen LogP contribution in [-0.2, 0) is 14.4 Å². The molecule has 1 unspecified atom stereocenters. The Labute approximate surface area is 103 Å². The maximum atomic E-state index is 11.1. The minimum Gasteiger partial charge on any atom is -0.481 e. The van der Waals surface area contributed by atoms with Crippen LogP contribution in [0.3, 0.4) is 0 Å². The number of hydrogen-bond donors (Lipinski definition) is 2. The number of benzene rings is 1. The molecule has 6 nitrogen and oxygen atoms in total. The SMILES string of the molecule is O=CN(c1ccccc1)C(CCC(=O)O)C(=O)O. The van der Waals surface area contributed by atoms with Crippen molar-refractivity contribution >= 4 is 24.0 Å². The van der Waals surface area contributed by atoms with Gasteiger partial charge in [-0.15, -0.1) is 0 Å². The van der Waals surface area contributed by atoms with E-state index in [1.807, 2.05) is 0 Å². The lowest BCUT2D eigenvalue weighted by Gasteiger charge is -2.24. The van der Waals surface area contributed by atoms with E-state index in [-0.39, 0.29) is 12.8 Å². The molecule has 1 amide bonds. The summed E-state index contributed by atoms with van der Waals surface area (Å²) in [6, 6.07) is 7.07. The summed E-state index contributed by atoms with van der Waals surface area (Å²) in [5, 5.41) is 17.6. The minimum absolute atomic E-state index is 0.141. The Hall–Kier alpha value is -2.37. The Kier molecular flexibility index (Phi) is 4.86. The van der Waals surface area contributed by atoms with Gasteiger partial charge in [-0.1, -0.05) is 18.2 Å². The molecule has 0 spiro atoms. The fourth-order valence-electron chi connectivity index (χ4n) is 1.56. The van der Waals surface area contributed by atoms with Crippen LogP contribution in [0.2, 0.25) is 0 Å². The van der Waals surface area contributed by atoms with Gasteiger partial charge < -0.3 is 15.1 Å². The maximum absolute atomic E-state index is 11.1. The predicted octanol–water partition coefficient (Wildman–Crippen LogP) is 0.967. The summed E-state index contributed by atoms with van der Waals surface area (Å²) in [5.74, 6) is -2.33. The summed E-state index contributed by atoms with van der Waals surface area (Å²) in [6.45, 7) is 0. The van der Waals surface area contributed by atoms with E-state index >= 15 is 0 Å². The molecule has 1 aromatic rings. The van der Waals surface area contributed by atoms with E-state index in [9.17, 15) is 14.4 Å². The lowest BCUT2D eigenvalue weighted by atomic mass is 10.1. The Morgan fingerprint density at radius 2 is 1.83 bits per heavy atom. The summed E-state index contributed by atoms with van der Waals surface area (Å²) in [5.41, 5.74) is 0.422. The second-order valence-corrected chi connectivity index (χ2v) is 3.63. The molecule has 0 radical (unpaired) electrons. The quantitative estimate of drug-likeness (QED) is 0.704. The van der Waals surface area contributed by atoms with E-state index in [1.54, 1.807) is 30.3 Å². The monoisotopic (exact) mass is 251 g/mol. The van der Waals surface area contributed by atoms with E-state index in [0.717, 1.165) is 4.90 Å². The van der Waals surface area contributed by atoms with E-state index in [0.29, 0.717) is 12.1 Å². The minimum atomic E-state index is -1.23. The molecule has 0 aromatic heterocycles. The van der Waals surface area contributed by atoms with Gasteiger partial charge in [0.05, 0.1) is 0 Å². The zero-order valence-electron chi connectivity index (χ0n) is 9.52. The topological polar surface area (TPSA) is 94.9 Å². The molecule has 0 saturated heterocycles. The normalized spacial score (nSPS) is 11.6. The number of amides is 1. The van der Waals surface area contributed by atoms with Crippen molar-refractivity contribution in [2.75, 3.05) is 4.90 Å². The van der Waals surface area contributed by atoms with Crippen molar-refractivity contribution in [1.29, 1.82) is 0 Å². The highest BCUT2D eigenvalue weighted by molar-refractivity contribution is 5.88. The van der Waals surface area contributed by atoms with Gasteiger partial charge in [0.15, 0.2) is 0 Å². The molecule has 0 aliphatic carbocycles. The Balaban J connectivity index is 2.91. The van der Waals surface area contributed by atoms with Crippen LogP contribution in [0.15, 0.2) is 30.3 Å². The van der Waals surface area contributed by atoms with Gasteiger partial charge in [-0.05, 0) is 18.6 Å². The van der Waals surface area contributed by atoms with Crippen LogP contribution in [0.1, 0.15) is 12.8 Å². The van der Waals surface area contributed by atoms with Gasteiger partial charge in [0.2, 0.25) is 6.41 Å². The van der Waals surface area contributed by atoms with Crippen molar-refractivity contribution in [3.05, 3.63) is 30.3 Å². The smallest absolute Gasteiger partial charge is 0.326 e. The average Bonchev–Trinajstić information content (AvgIpc) is 2.34. The van der Waals surface area contributed by atoms with Crippen LogP contribution in [0, 0.1) is 0 Å². The zero-order chi connectivity index (χ0) is 13.5. The van der Waals surface area contributed by atoms with Crippen LogP contribution >= 0.6 is 0 Å². The first kappa shape index (κ1) is 13.7. The molecule has 0 fully saturated rings. The lowest BCUT2D eigenvalue weighted by molar-refractivity contribution is -0.140. The van der Waals surface area contributed by atoms with Crippen molar-refractivity contribution in [3.8, 4) is 0 Å². The molecule has 96 valence electrons. The summed E-state index contributed by atoms with van der Waals surface area (Å²) in [7, 11) is 0. The van der Waals surface area contributed by atoms with E-state index in [1.165, 1.54) is 0 Å². The molecule has 0 aliphatic heterocycles. The van der Waals surface area contributed by atoms with Crippen LogP contribution in [0.4, 0.5) is 5.69 Å². The standard InChI is InChI=1S/C12H13NO5/c14-8-13(9-4-2-1-3-5-9)10(12(17)18)6-7-11(15)16/h1-5,8,10H,6-7H2,(H,15,16)(H,17,18). The zero-order valence-corrected chi connectivity index (χ0v) is 9.52. The largest absolute Gasteiger partial charge is 0.481 e. The number of para-hydroxylation sites is 1. The third-order valence-corrected chi connectivity index (χ3v) is 2.42. The molecule has 2 N–H and O–H groups in total. The number of carbonyl (C=O) groups excluding carboxylic acids is 1. The summed E-state index contributed by atoms with van der Waals surface area (Å²) >= 11 is 0. The van der Waals surface area contributed by atoms with Gasteiger partial charge in [0.25, 0.3) is 0 Å². The van der Waals surface area contributed by atoms with Crippen molar-refractivity contribution in [2.45, 2.75) is 18.9 Å². The highest BCUT2D eigenvalue weighted by atomic mass is 16.4. The second-order valence-electron chi connectivity index (χ2n) is 3.63. The summed E-state index contributed by atoms with van der Waals surface area (Å²) in [6.07, 6.45) is -0.0532. The van der Waals surface area contributed by atoms with Crippen molar-refractivity contribution in [3.63, 3.8) is 0 Å². The van der Waals surface area contributed by atoms with Gasteiger partial charge in [0, 0.05) is 12.1 Å². The van der Waals surface area contributed by atoms with Gasteiger partial charge in [-0.2, -0.15) is 0 Å². The van der Waals surface area contributed by atoms with E-state index in [2.05, 4.69) is 0 Å². The maximum Gasteiger partial charge on any atom is 0.326 e. The number of carboxylic acids is 2. The van der Waals surface area contributed by atoms with Crippen molar-refractivity contribution in [2.24, 2.45) is 0 Å². The molecule has 1 atom stereocenters. The highest BCUT2D eigenvalue weighted by Crippen LogP contribution is 2.17. The molecular formula is C12H13NO5. The first-order valence-corrected chi connectivity index (χ1v) is 5.29. The van der Waals surface area contributed by atoms with Gasteiger partial charge >= 0.3 is 11.9 Å². The number of anilines is 1. The van der Waals surface area contributed by atoms with E-state index < -0.39 is 18.0 Å². The number of hydrogen-bond acceptors (Lipinski definition) is 3. The molecule has 18 heavy (non-hydrogen) atoms. The fourth-order valence-corrected chi connectivity index (χ4v) is 1.56. The first-order chi connectivity index (χ1) is 8.56. The molecule has 1 rings (SSSR count). The number of nitrogens with zero attached hydrogens (tertiary/aromatic N) is 1. The number of carbonyl (C=O) groups is 3. The van der Waals surface area contributed by atoms with Crippen molar-refractivity contribution in [1.82, 2.24) is 0 Å². The van der Waals surface area contributed by atoms with Crippen LogP contribution in [-0.4, -0.2) is 34.6 Å². The molecular weight excluding hydrogens is 238 g/mol. The third kappa shape index (κ3) is 3.58. The molecule has 0 bridgehead atoms. The lowest BCUT2D eigenvalue weighted by Crippen LogP contribution is -2.40. The molecule has 6 heteroatoms. The third-order valence-electron chi connectivity index (χ3n) is 2.42. The second kappa shape index (κ2) is 6.39. The van der Waals surface area contributed by atoms with E-state index in [4.69, 9.17) is 10.2 Å². The first-order valence-electron chi connectivity index (χ1n) is 5.29. The molecule has 0 aliphatic rings. The van der Waals surface area contributed by atoms with Gasteiger partial charge in [-0.3, -0.25) is 9.59 Å². The Bertz CT molecular complexity index is 431. The summed E-state index contributed by atoms with van der Waals surface area (Å²) in [4.78, 5) is 33.6. The number of carboxylic acid groups (broad SMARTS) is 2. The number of aliphatic carboxylic acids is 2. The fraction of sp³-hybridized carbons (Fsp3) is 0.250. The predicted molar refractivity (Wildman–Crippen MR) is 63.3 cm³/mol. The Morgan fingerprint density at radius 3 is 2.28 bits per heavy atom. The summed E-state index contributed by atoms with van der Waals surface area (Å²) < 4.78 is 0.